The summed E-state index contributed by atoms with van der Waals surface area (Å²) in [6.45, 7) is 0. The summed E-state index contributed by atoms with van der Waals surface area (Å²) in [5.74, 6) is 0. The molecule has 2 heterocycles. The first kappa shape index (κ1) is 36.5. The van der Waals surface area contributed by atoms with Crippen molar-refractivity contribution in [2.75, 3.05) is 4.90 Å². The Morgan fingerprint density at radius 2 is 0.810 bits per heavy atom. The molecule has 0 saturated carbocycles. The molecule has 10 aromatic carbocycles. The number of hydrogen-bond donors (Lipinski definition) is 0. The molecule has 12 rings (SSSR count). The molecular weight excluding hydrogens is 765 g/mol. The molecular formula is C60H40N2O. The van der Waals surface area contributed by atoms with Gasteiger partial charge in [-0.15, -0.1) is 0 Å². The van der Waals surface area contributed by atoms with E-state index in [-0.39, 0.29) is 0 Å². The first-order valence-corrected chi connectivity index (χ1v) is 21.5. The first-order valence-electron chi connectivity index (χ1n) is 21.5. The molecule has 3 nitrogen and oxygen atoms in total. The third kappa shape index (κ3) is 6.38. The van der Waals surface area contributed by atoms with Crippen LogP contribution in [0.2, 0.25) is 0 Å². The molecule has 0 fully saturated rings. The predicted molar refractivity (Wildman–Crippen MR) is 264 cm³/mol. The molecule has 296 valence electrons. The van der Waals surface area contributed by atoms with E-state index in [4.69, 9.17) is 4.42 Å². The van der Waals surface area contributed by atoms with Crippen LogP contribution in [0, 0.1) is 0 Å². The fourth-order valence-corrected chi connectivity index (χ4v) is 9.47. The van der Waals surface area contributed by atoms with Gasteiger partial charge in [0.05, 0.1) is 16.7 Å². The highest BCUT2D eigenvalue weighted by Gasteiger charge is 2.18. The van der Waals surface area contributed by atoms with Crippen molar-refractivity contribution >= 4 is 60.8 Å². The molecule has 0 bridgehead atoms. The minimum absolute atomic E-state index is 0.903. The first-order chi connectivity index (χ1) is 31.2. The van der Waals surface area contributed by atoms with Crippen LogP contribution in [0.4, 0.5) is 17.1 Å². The van der Waals surface area contributed by atoms with Crippen LogP contribution in [-0.4, -0.2) is 4.57 Å². The minimum Gasteiger partial charge on any atom is -0.456 e. The third-order valence-electron chi connectivity index (χ3n) is 12.4. The summed E-state index contributed by atoms with van der Waals surface area (Å²) in [7, 11) is 0. The third-order valence-corrected chi connectivity index (χ3v) is 12.4. The molecule has 63 heavy (non-hydrogen) atoms. The van der Waals surface area contributed by atoms with E-state index in [0.29, 0.717) is 0 Å². The smallest absolute Gasteiger partial charge is 0.136 e. The number of fused-ring (bicyclic) bond motifs is 6. The Labute approximate surface area is 366 Å². The van der Waals surface area contributed by atoms with Crippen LogP contribution in [0.3, 0.4) is 0 Å². The molecule has 0 amide bonds. The van der Waals surface area contributed by atoms with Crippen LogP contribution < -0.4 is 4.90 Å². The van der Waals surface area contributed by atoms with Gasteiger partial charge in [-0.1, -0.05) is 170 Å². The van der Waals surface area contributed by atoms with Crippen molar-refractivity contribution in [3.05, 3.63) is 243 Å². The average molecular weight is 805 g/mol. The van der Waals surface area contributed by atoms with Gasteiger partial charge in [-0.3, -0.25) is 0 Å². The van der Waals surface area contributed by atoms with Crippen molar-refractivity contribution in [1.82, 2.24) is 4.57 Å². The van der Waals surface area contributed by atoms with Crippen LogP contribution in [0.1, 0.15) is 0 Å². The maximum Gasteiger partial charge on any atom is 0.136 e. The van der Waals surface area contributed by atoms with E-state index in [1.807, 2.05) is 12.1 Å². The second-order valence-electron chi connectivity index (χ2n) is 16.1. The molecule has 0 unspecified atom stereocenters. The highest BCUT2D eigenvalue weighted by atomic mass is 16.3. The number of nitrogens with zero attached hydrogens (tertiary/aromatic N) is 2. The Morgan fingerprint density at radius 3 is 1.56 bits per heavy atom. The van der Waals surface area contributed by atoms with Gasteiger partial charge in [0.25, 0.3) is 0 Å². The van der Waals surface area contributed by atoms with Crippen LogP contribution >= 0.6 is 0 Å². The minimum atomic E-state index is 0.903. The summed E-state index contributed by atoms with van der Waals surface area (Å²) < 4.78 is 8.65. The number of hydrogen-bond acceptors (Lipinski definition) is 2. The normalized spacial score (nSPS) is 11.5. The van der Waals surface area contributed by atoms with Gasteiger partial charge in [0, 0.05) is 44.2 Å². The summed E-state index contributed by atoms with van der Waals surface area (Å²) in [5.41, 5.74) is 17.9. The summed E-state index contributed by atoms with van der Waals surface area (Å²) in [6.07, 6.45) is 0. The molecule has 0 aliphatic heterocycles. The van der Waals surface area contributed by atoms with Gasteiger partial charge in [-0.2, -0.15) is 0 Å². The van der Waals surface area contributed by atoms with Crippen molar-refractivity contribution in [2.45, 2.75) is 0 Å². The van der Waals surface area contributed by atoms with Gasteiger partial charge in [-0.05, 0) is 112 Å². The number of aromatic nitrogens is 1. The molecule has 0 aliphatic carbocycles. The maximum atomic E-state index is 6.24. The molecule has 0 saturated heterocycles. The molecule has 12 aromatic rings. The standard InChI is InChI=1S/C60H40N2O/c1-2-15-41(16-3-1)45-18-13-20-49(40-45)61(47-35-31-42(32-36-47)44-17-12-19-46(39-44)51-25-14-30-59-60(51)54-24-7-11-29-58(54)63-59)48-37-33-43(34-38-48)50-21-4-8-26-55(50)62-56-27-9-5-22-52(56)53-23-6-10-28-57(53)62/h1-40H. The summed E-state index contributed by atoms with van der Waals surface area (Å²) in [6, 6.07) is 87.1. The topological polar surface area (TPSA) is 21.3 Å². The Hall–Kier alpha value is -8.40. The van der Waals surface area contributed by atoms with E-state index in [2.05, 4.69) is 240 Å². The van der Waals surface area contributed by atoms with E-state index in [0.717, 1.165) is 66.9 Å². The van der Waals surface area contributed by atoms with Gasteiger partial charge in [0.15, 0.2) is 0 Å². The lowest BCUT2D eigenvalue weighted by Gasteiger charge is -2.26. The average Bonchev–Trinajstić information content (AvgIpc) is 3.91. The number of anilines is 3. The molecule has 0 radical (unpaired) electrons. The number of para-hydroxylation sites is 4. The fourth-order valence-electron chi connectivity index (χ4n) is 9.47. The lowest BCUT2D eigenvalue weighted by Crippen LogP contribution is -2.10. The molecule has 0 aliphatic rings. The van der Waals surface area contributed by atoms with Gasteiger partial charge < -0.3 is 13.9 Å². The van der Waals surface area contributed by atoms with Crippen molar-refractivity contribution in [3.63, 3.8) is 0 Å². The van der Waals surface area contributed by atoms with E-state index in [9.17, 15) is 0 Å². The lowest BCUT2D eigenvalue weighted by atomic mass is 9.96. The lowest BCUT2D eigenvalue weighted by molar-refractivity contribution is 0.669. The summed E-state index contributed by atoms with van der Waals surface area (Å²) in [4.78, 5) is 2.36. The molecule has 0 N–H and O–H groups in total. The van der Waals surface area contributed by atoms with Gasteiger partial charge >= 0.3 is 0 Å². The summed E-state index contributed by atoms with van der Waals surface area (Å²) >= 11 is 0. The maximum absolute atomic E-state index is 6.24. The molecule has 0 atom stereocenters. The van der Waals surface area contributed by atoms with Crippen molar-refractivity contribution in [1.29, 1.82) is 0 Å². The Balaban J connectivity index is 0.936. The van der Waals surface area contributed by atoms with Crippen LogP contribution in [0.5, 0.6) is 0 Å². The number of furan rings is 1. The zero-order valence-corrected chi connectivity index (χ0v) is 34.4. The molecule has 2 aromatic heterocycles. The Kier molecular flexibility index (Phi) is 8.83. The Morgan fingerprint density at radius 1 is 0.302 bits per heavy atom. The molecule has 0 spiro atoms. The van der Waals surface area contributed by atoms with Crippen LogP contribution in [0.25, 0.3) is 93.9 Å². The largest absolute Gasteiger partial charge is 0.456 e. The monoisotopic (exact) mass is 804 g/mol. The second-order valence-corrected chi connectivity index (χ2v) is 16.1. The Bertz CT molecular complexity index is 3560. The molecule has 3 heteroatoms. The van der Waals surface area contributed by atoms with Gasteiger partial charge in [0.2, 0.25) is 0 Å². The van der Waals surface area contributed by atoms with Gasteiger partial charge in [0.1, 0.15) is 11.2 Å². The van der Waals surface area contributed by atoms with Gasteiger partial charge in [-0.25, -0.2) is 0 Å². The van der Waals surface area contributed by atoms with E-state index < -0.39 is 0 Å². The fraction of sp³-hybridized carbons (Fsp3) is 0. The number of benzene rings is 10. The van der Waals surface area contributed by atoms with E-state index >= 15 is 0 Å². The SMILES string of the molecule is c1ccc(-c2cccc(N(c3ccc(-c4cccc(-c5cccc6oc7ccccc7c56)c4)cc3)c3ccc(-c4ccccc4-n4c5ccccc5c5ccccc54)cc3)c2)cc1. The van der Waals surface area contributed by atoms with Crippen molar-refractivity contribution in [2.24, 2.45) is 0 Å². The summed E-state index contributed by atoms with van der Waals surface area (Å²) in [5, 5.41) is 4.79. The second kappa shape index (κ2) is 15.3. The highest BCUT2D eigenvalue weighted by Crippen LogP contribution is 2.42. The zero-order valence-electron chi connectivity index (χ0n) is 34.4. The van der Waals surface area contributed by atoms with Crippen LogP contribution in [-0.2, 0) is 0 Å². The highest BCUT2D eigenvalue weighted by molar-refractivity contribution is 6.13. The van der Waals surface area contributed by atoms with Crippen molar-refractivity contribution < 1.29 is 4.42 Å². The van der Waals surface area contributed by atoms with Crippen molar-refractivity contribution in [3.8, 4) is 50.2 Å². The predicted octanol–water partition coefficient (Wildman–Crippen LogP) is 16.8. The zero-order chi connectivity index (χ0) is 41.7. The van der Waals surface area contributed by atoms with E-state index in [1.165, 1.54) is 44.1 Å². The quantitative estimate of drug-likeness (QED) is 0.153. The number of rotatable bonds is 8. The van der Waals surface area contributed by atoms with E-state index in [1.54, 1.807) is 0 Å². The van der Waals surface area contributed by atoms with Crippen LogP contribution in [0.15, 0.2) is 247 Å².